The average Bonchev–Trinajstić information content (AvgIpc) is 2.87. The molecule has 1 atom stereocenters. The molecule has 2 N–H and O–H groups in total. The summed E-state index contributed by atoms with van der Waals surface area (Å²) in [6, 6.07) is 0.962. The van der Waals surface area contributed by atoms with E-state index in [2.05, 4.69) is 5.32 Å². The van der Waals surface area contributed by atoms with Gasteiger partial charge in [0, 0.05) is 5.38 Å². The maximum atomic E-state index is 11.6. The summed E-state index contributed by atoms with van der Waals surface area (Å²) in [5, 5.41) is 15.0. The minimum absolute atomic E-state index is 0.116. The first kappa shape index (κ1) is 10.2. The lowest BCUT2D eigenvalue weighted by molar-refractivity contribution is -0.139. The van der Waals surface area contributed by atoms with Crippen molar-refractivity contribution < 1.29 is 14.7 Å². The molecule has 15 heavy (non-hydrogen) atoms. The van der Waals surface area contributed by atoms with Gasteiger partial charge in [0.1, 0.15) is 6.04 Å². The highest BCUT2D eigenvalue weighted by Crippen LogP contribution is 2.32. The lowest BCUT2D eigenvalue weighted by Gasteiger charge is -2.12. The Kier molecular flexibility index (Phi) is 2.73. The number of hydrogen-bond acceptors (Lipinski definition) is 3. The van der Waals surface area contributed by atoms with Crippen molar-refractivity contribution in [2.75, 3.05) is 0 Å². The van der Waals surface area contributed by atoms with Gasteiger partial charge in [0.05, 0.1) is 5.56 Å². The van der Waals surface area contributed by atoms with Gasteiger partial charge in [0.15, 0.2) is 0 Å². The molecule has 1 saturated carbocycles. The summed E-state index contributed by atoms with van der Waals surface area (Å²) in [4.78, 5) is 22.5. The van der Waals surface area contributed by atoms with E-state index in [1.807, 2.05) is 0 Å². The maximum Gasteiger partial charge on any atom is 0.326 e. The zero-order valence-electron chi connectivity index (χ0n) is 7.97. The number of carboxylic acids is 1. The molecule has 0 spiro atoms. The van der Waals surface area contributed by atoms with E-state index in [-0.39, 0.29) is 11.8 Å². The van der Waals surface area contributed by atoms with E-state index >= 15 is 0 Å². The van der Waals surface area contributed by atoms with E-state index in [9.17, 15) is 9.59 Å². The first-order valence-electron chi connectivity index (χ1n) is 4.74. The second-order valence-corrected chi connectivity index (χ2v) is 4.42. The van der Waals surface area contributed by atoms with Gasteiger partial charge in [0.2, 0.25) is 0 Å². The number of rotatable bonds is 4. The van der Waals surface area contributed by atoms with Crippen molar-refractivity contribution in [2.24, 2.45) is 5.92 Å². The van der Waals surface area contributed by atoms with Crippen LogP contribution in [0.15, 0.2) is 16.8 Å². The van der Waals surface area contributed by atoms with Crippen LogP contribution in [0.1, 0.15) is 23.2 Å². The van der Waals surface area contributed by atoms with Crippen LogP contribution in [0.25, 0.3) is 0 Å². The Balaban J connectivity index is 2.00. The molecule has 4 nitrogen and oxygen atoms in total. The van der Waals surface area contributed by atoms with Crippen LogP contribution < -0.4 is 5.32 Å². The van der Waals surface area contributed by atoms with Crippen molar-refractivity contribution in [3.05, 3.63) is 22.4 Å². The summed E-state index contributed by atoms with van der Waals surface area (Å²) in [6.45, 7) is 0. The van der Waals surface area contributed by atoms with E-state index < -0.39 is 12.0 Å². The molecule has 0 saturated heterocycles. The number of amides is 1. The van der Waals surface area contributed by atoms with E-state index in [1.165, 1.54) is 11.3 Å². The van der Waals surface area contributed by atoms with Crippen molar-refractivity contribution in [1.29, 1.82) is 0 Å². The fraction of sp³-hybridized carbons (Fsp3) is 0.400. The molecule has 1 aromatic rings. The van der Waals surface area contributed by atoms with Crippen molar-refractivity contribution in [1.82, 2.24) is 5.32 Å². The third kappa shape index (κ3) is 2.36. The van der Waals surface area contributed by atoms with Crippen LogP contribution in [0.2, 0.25) is 0 Å². The van der Waals surface area contributed by atoms with E-state index in [4.69, 9.17) is 5.11 Å². The van der Waals surface area contributed by atoms with Crippen molar-refractivity contribution in [3.8, 4) is 0 Å². The molecule has 1 unspecified atom stereocenters. The summed E-state index contributed by atoms with van der Waals surface area (Å²) >= 11 is 1.42. The zero-order valence-corrected chi connectivity index (χ0v) is 8.79. The Morgan fingerprint density at radius 3 is 2.73 bits per heavy atom. The topological polar surface area (TPSA) is 66.4 Å². The largest absolute Gasteiger partial charge is 0.480 e. The lowest BCUT2D eigenvalue weighted by Crippen LogP contribution is -2.42. The van der Waals surface area contributed by atoms with Crippen molar-refractivity contribution in [3.63, 3.8) is 0 Å². The third-order valence-corrected chi connectivity index (χ3v) is 3.11. The minimum atomic E-state index is -0.943. The maximum absolute atomic E-state index is 11.6. The van der Waals surface area contributed by atoms with Gasteiger partial charge in [-0.3, -0.25) is 4.79 Å². The van der Waals surface area contributed by atoms with Gasteiger partial charge in [-0.25, -0.2) is 4.79 Å². The Morgan fingerprint density at radius 2 is 2.27 bits per heavy atom. The van der Waals surface area contributed by atoms with Gasteiger partial charge >= 0.3 is 5.97 Å². The number of carbonyl (C=O) groups is 2. The number of carbonyl (C=O) groups excluding carboxylic acids is 1. The lowest BCUT2D eigenvalue weighted by atomic mass is 10.2. The second-order valence-electron chi connectivity index (χ2n) is 3.64. The molecule has 5 heteroatoms. The van der Waals surface area contributed by atoms with Crippen LogP contribution >= 0.6 is 11.3 Å². The Hall–Kier alpha value is -1.36. The van der Waals surface area contributed by atoms with Crippen LogP contribution in [-0.2, 0) is 4.79 Å². The summed E-state index contributed by atoms with van der Waals surface area (Å²) in [5.41, 5.74) is 0.534. The van der Waals surface area contributed by atoms with E-state index in [0.717, 1.165) is 12.8 Å². The van der Waals surface area contributed by atoms with Gasteiger partial charge in [-0.1, -0.05) is 0 Å². The molecule has 2 rings (SSSR count). The molecule has 1 aliphatic carbocycles. The molecule has 0 aromatic carbocycles. The SMILES string of the molecule is O=C(NC(C(=O)O)C1CC1)c1ccsc1. The number of thiophene rings is 1. The fourth-order valence-corrected chi connectivity index (χ4v) is 2.06. The first-order chi connectivity index (χ1) is 7.18. The molecule has 1 heterocycles. The standard InChI is InChI=1S/C10H11NO3S/c12-9(7-3-4-15-5-7)11-8(10(13)14)6-1-2-6/h3-6,8H,1-2H2,(H,11,12)(H,13,14). The molecule has 1 aliphatic rings. The van der Waals surface area contributed by atoms with Gasteiger partial charge in [-0.2, -0.15) is 11.3 Å². The van der Waals surface area contributed by atoms with Gasteiger partial charge < -0.3 is 10.4 Å². The highest BCUT2D eigenvalue weighted by atomic mass is 32.1. The molecular weight excluding hydrogens is 214 g/mol. The van der Waals surface area contributed by atoms with Gasteiger partial charge in [0.25, 0.3) is 5.91 Å². The Bertz CT molecular complexity index is 370. The Labute approximate surface area is 90.9 Å². The Morgan fingerprint density at radius 1 is 1.53 bits per heavy atom. The average molecular weight is 225 g/mol. The van der Waals surface area contributed by atoms with Crippen LogP contribution in [0.5, 0.6) is 0 Å². The van der Waals surface area contributed by atoms with Gasteiger partial charge in [-0.05, 0) is 30.2 Å². The smallest absolute Gasteiger partial charge is 0.326 e. The number of nitrogens with one attached hydrogen (secondary N) is 1. The molecule has 1 aromatic heterocycles. The predicted molar refractivity (Wildman–Crippen MR) is 55.9 cm³/mol. The monoisotopic (exact) mass is 225 g/mol. The molecule has 0 radical (unpaired) electrons. The molecular formula is C10H11NO3S. The normalized spacial score (nSPS) is 17.1. The van der Waals surface area contributed by atoms with Gasteiger partial charge in [-0.15, -0.1) is 0 Å². The summed E-state index contributed by atoms with van der Waals surface area (Å²) < 4.78 is 0. The predicted octanol–water partition coefficient (Wildman–Crippen LogP) is 1.34. The van der Waals surface area contributed by atoms with E-state index in [1.54, 1.807) is 16.8 Å². The number of aliphatic carboxylic acids is 1. The summed E-state index contributed by atoms with van der Waals surface area (Å²) in [6.07, 6.45) is 1.78. The second kappa shape index (κ2) is 4.02. The fourth-order valence-electron chi connectivity index (χ4n) is 1.43. The van der Waals surface area contributed by atoms with Crippen LogP contribution in [0, 0.1) is 5.92 Å². The highest BCUT2D eigenvalue weighted by molar-refractivity contribution is 7.08. The van der Waals surface area contributed by atoms with Crippen LogP contribution in [0.4, 0.5) is 0 Å². The molecule has 0 bridgehead atoms. The first-order valence-corrected chi connectivity index (χ1v) is 5.68. The number of carboxylic acid groups (broad SMARTS) is 1. The van der Waals surface area contributed by atoms with Crippen LogP contribution in [0.3, 0.4) is 0 Å². The minimum Gasteiger partial charge on any atom is -0.480 e. The highest BCUT2D eigenvalue weighted by Gasteiger charge is 2.37. The van der Waals surface area contributed by atoms with E-state index in [0.29, 0.717) is 5.56 Å². The molecule has 1 fully saturated rings. The third-order valence-electron chi connectivity index (χ3n) is 2.43. The van der Waals surface area contributed by atoms with Crippen molar-refractivity contribution >= 4 is 23.2 Å². The quantitative estimate of drug-likeness (QED) is 0.812. The number of hydrogen-bond donors (Lipinski definition) is 2. The summed E-state index contributed by atoms with van der Waals surface area (Å²) in [7, 11) is 0. The molecule has 80 valence electrons. The molecule has 0 aliphatic heterocycles. The van der Waals surface area contributed by atoms with Crippen molar-refractivity contribution in [2.45, 2.75) is 18.9 Å². The summed E-state index contributed by atoms with van der Waals surface area (Å²) in [5.74, 6) is -1.12. The van der Waals surface area contributed by atoms with Crippen LogP contribution in [-0.4, -0.2) is 23.0 Å². The molecule has 1 amide bonds. The zero-order chi connectivity index (χ0) is 10.8.